The Balaban J connectivity index is 1.93. The van der Waals surface area contributed by atoms with Gasteiger partial charge in [-0.25, -0.2) is 4.98 Å². The van der Waals surface area contributed by atoms with Crippen molar-refractivity contribution in [3.8, 4) is 0 Å². The van der Waals surface area contributed by atoms with Gasteiger partial charge in [-0.1, -0.05) is 53.3 Å². The second-order valence-corrected chi connectivity index (χ2v) is 7.30. The Bertz CT molecular complexity index is 1060. The van der Waals surface area contributed by atoms with E-state index in [0.29, 0.717) is 15.7 Å². The third-order valence-corrected chi connectivity index (χ3v) is 5.66. The topological polar surface area (TPSA) is 70.5 Å². The van der Waals surface area contributed by atoms with Gasteiger partial charge in [-0.05, 0) is 30.7 Å². The first-order valence-electron chi connectivity index (χ1n) is 7.86. The number of Topliss-reactive ketones (excluding diaryl/α,β-unsaturated/α-hetero) is 1. The largest absolute Gasteiger partial charge is 0.503 e. The second kappa shape index (κ2) is 6.23. The van der Waals surface area contributed by atoms with Gasteiger partial charge in [0.1, 0.15) is 0 Å². The molecule has 0 bridgehead atoms. The lowest BCUT2D eigenvalue weighted by atomic mass is 9.97. The number of aliphatic hydroxyl groups excluding tert-OH is 1. The third kappa shape index (κ3) is 2.50. The lowest BCUT2D eigenvalue weighted by molar-refractivity contribution is -0.117. The maximum absolute atomic E-state index is 12.8. The summed E-state index contributed by atoms with van der Waals surface area (Å²) >= 11 is 7.65. The van der Waals surface area contributed by atoms with E-state index in [9.17, 15) is 14.7 Å². The Hall–Kier alpha value is -2.70. The summed E-state index contributed by atoms with van der Waals surface area (Å²) in [5.74, 6) is -1.59. The summed E-state index contributed by atoms with van der Waals surface area (Å²) in [6, 6.07) is 13.7. The Morgan fingerprint density at radius 2 is 1.88 bits per heavy atom. The Morgan fingerprint density at radius 3 is 2.58 bits per heavy atom. The number of thiazole rings is 1. The Labute approximate surface area is 158 Å². The van der Waals surface area contributed by atoms with E-state index < -0.39 is 17.7 Å². The average molecular weight is 385 g/mol. The first-order chi connectivity index (χ1) is 12.5. The van der Waals surface area contributed by atoms with E-state index in [4.69, 9.17) is 11.6 Å². The molecule has 0 aliphatic carbocycles. The smallest absolute Gasteiger partial charge is 0.296 e. The molecule has 0 radical (unpaired) electrons. The number of aliphatic hydroxyl groups is 1. The van der Waals surface area contributed by atoms with Crippen LogP contribution in [-0.4, -0.2) is 21.8 Å². The van der Waals surface area contributed by atoms with Gasteiger partial charge in [0.25, 0.3) is 5.91 Å². The molecule has 7 heteroatoms. The molecule has 130 valence electrons. The molecule has 1 unspecified atom stereocenters. The van der Waals surface area contributed by atoms with Crippen molar-refractivity contribution in [2.75, 3.05) is 4.90 Å². The minimum absolute atomic E-state index is 0.0300. The van der Waals surface area contributed by atoms with E-state index in [0.717, 1.165) is 10.2 Å². The molecular formula is C19H13ClN2O3S. The highest BCUT2D eigenvalue weighted by molar-refractivity contribution is 7.22. The van der Waals surface area contributed by atoms with Crippen molar-refractivity contribution in [3.63, 3.8) is 0 Å². The van der Waals surface area contributed by atoms with Crippen LogP contribution in [0.1, 0.15) is 18.5 Å². The number of carbonyl (C=O) groups excluding carboxylic acids is 2. The number of halogens is 1. The van der Waals surface area contributed by atoms with Gasteiger partial charge in [0.15, 0.2) is 16.7 Å². The number of anilines is 1. The number of carbonyl (C=O) groups is 2. The van der Waals surface area contributed by atoms with Crippen LogP contribution in [0.3, 0.4) is 0 Å². The molecule has 26 heavy (non-hydrogen) atoms. The van der Waals surface area contributed by atoms with Gasteiger partial charge < -0.3 is 5.11 Å². The molecule has 1 atom stereocenters. The molecule has 1 N–H and O–H groups in total. The molecule has 4 rings (SSSR count). The van der Waals surface area contributed by atoms with Crippen molar-refractivity contribution >= 4 is 50.0 Å². The number of fused-ring (bicyclic) bond motifs is 1. The van der Waals surface area contributed by atoms with Gasteiger partial charge in [-0.15, -0.1) is 0 Å². The number of aromatic nitrogens is 1. The van der Waals surface area contributed by atoms with Crippen LogP contribution in [0.5, 0.6) is 0 Å². The quantitative estimate of drug-likeness (QED) is 0.724. The van der Waals surface area contributed by atoms with E-state index in [1.165, 1.54) is 23.2 Å². The standard InChI is InChI=1S/C19H13ClN2O3S/c1-10(23)15-16(11-6-2-3-7-12(11)20)22(18(25)17(15)24)19-21-13-8-4-5-9-14(13)26-19/h2-9,16,24H,1H3. The van der Waals surface area contributed by atoms with Crippen molar-refractivity contribution in [1.29, 1.82) is 0 Å². The Morgan fingerprint density at radius 1 is 1.19 bits per heavy atom. The summed E-state index contributed by atoms with van der Waals surface area (Å²) in [4.78, 5) is 30.8. The van der Waals surface area contributed by atoms with Crippen LogP contribution in [-0.2, 0) is 9.59 Å². The highest BCUT2D eigenvalue weighted by Crippen LogP contribution is 2.44. The fraction of sp³-hybridized carbons (Fsp3) is 0.105. The summed E-state index contributed by atoms with van der Waals surface area (Å²) in [5, 5.41) is 11.2. The van der Waals surface area contributed by atoms with Crippen LogP contribution in [0.2, 0.25) is 5.02 Å². The third-order valence-electron chi connectivity index (χ3n) is 4.28. The normalized spacial score (nSPS) is 17.4. The van der Waals surface area contributed by atoms with E-state index in [1.807, 2.05) is 24.3 Å². The van der Waals surface area contributed by atoms with Crippen molar-refractivity contribution < 1.29 is 14.7 Å². The summed E-state index contributed by atoms with van der Waals surface area (Å²) in [6.45, 7) is 1.32. The molecule has 1 aliphatic heterocycles. The van der Waals surface area contributed by atoms with Crippen molar-refractivity contribution in [2.45, 2.75) is 13.0 Å². The summed E-state index contributed by atoms with van der Waals surface area (Å²) < 4.78 is 0.906. The maximum atomic E-state index is 12.8. The highest BCUT2D eigenvalue weighted by Gasteiger charge is 2.45. The van der Waals surface area contributed by atoms with Crippen molar-refractivity contribution in [1.82, 2.24) is 4.98 Å². The molecule has 0 saturated heterocycles. The SMILES string of the molecule is CC(=O)C1=C(O)C(=O)N(c2nc3ccccc3s2)C1c1ccccc1Cl. The minimum Gasteiger partial charge on any atom is -0.503 e. The van der Waals surface area contributed by atoms with Crippen LogP contribution in [0.4, 0.5) is 5.13 Å². The van der Waals surface area contributed by atoms with Gasteiger partial charge in [0.05, 0.1) is 21.8 Å². The van der Waals surface area contributed by atoms with Gasteiger partial charge in [0, 0.05) is 5.02 Å². The van der Waals surface area contributed by atoms with Crippen molar-refractivity contribution in [2.24, 2.45) is 0 Å². The van der Waals surface area contributed by atoms with Gasteiger partial charge in [-0.3, -0.25) is 14.5 Å². The predicted octanol–water partition coefficient (Wildman–Crippen LogP) is 4.44. The number of amides is 1. The molecule has 2 aromatic carbocycles. The zero-order valence-electron chi connectivity index (χ0n) is 13.6. The van der Waals surface area contributed by atoms with Crippen LogP contribution in [0, 0.1) is 0 Å². The van der Waals surface area contributed by atoms with Crippen LogP contribution < -0.4 is 4.90 Å². The monoisotopic (exact) mass is 384 g/mol. The number of para-hydroxylation sites is 1. The molecule has 2 heterocycles. The first-order valence-corrected chi connectivity index (χ1v) is 9.06. The molecule has 1 aromatic heterocycles. The average Bonchev–Trinajstić information content (AvgIpc) is 3.14. The van der Waals surface area contributed by atoms with Gasteiger partial charge in [0.2, 0.25) is 0 Å². The maximum Gasteiger partial charge on any atom is 0.296 e. The number of benzene rings is 2. The number of nitrogens with zero attached hydrogens (tertiary/aromatic N) is 2. The summed E-state index contributed by atoms with van der Waals surface area (Å²) in [5.41, 5.74) is 1.34. The predicted molar refractivity (Wildman–Crippen MR) is 102 cm³/mol. The number of hydrogen-bond donors (Lipinski definition) is 1. The molecule has 3 aromatic rings. The molecule has 1 amide bonds. The molecule has 0 fully saturated rings. The fourth-order valence-corrected chi connectivity index (χ4v) is 4.35. The molecule has 5 nitrogen and oxygen atoms in total. The number of hydrogen-bond acceptors (Lipinski definition) is 5. The zero-order valence-corrected chi connectivity index (χ0v) is 15.2. The molecule has 1 aliphatic rings. The summed E-state index contributed by atoms with van der Waals surface area (Å²) in [6.07, 6.45) is 0. The fourth-order valence-electron chi connectivity index (χ4n) is 3.12. The lowest BCUT2D eigenvalue weighted by Crippen LogP contribution is -2.30. The minimum atomic E-state index is -0.811. The van der Waals surface area contributed by atoms with Crippen LogP contribution >= 0.6 is 22.9 Å². The van der Waals surface area contributed by atoms with E-state index in [1.54, 1.807) is 24.3 Å². The number of rotatable bonds is 3. The van der Waals surface area contributed by atoms with E-state index in [2.05, 4.69) is 4.98 Å². The molecular weight excluding hydrogens is 372 g/mol. The second-order valence-electron chi connectivity index (χ2n) is 5.88. The zero-order chi connectivity index (χ0) is 18.4. The molecule has 0 saturated carbocycles. The first kappa shape index (κ1) is 16.8. The molecule has 0 spiro atoms. The van der Waals surface area contributed by atoms with Crippen LogP contribution in [0.15, 0.2) is 59.9 Å². The van der Waals surface area contributed by atoms with Crippen LogP contribution in [0.25, 0.3) is 10.2 Å². The van der Waals surface area contributed by atoms with E-state index >= 15 is 0 Å². The number of ketones is 1. The van der Waals surface area contributed by atoms with Gasteiger partial charge in [-0.2, -0.15) is 0 Å². The summed E-state index contributed by atoms with van der Waals surface area (Å²) in [7, 11) is 0. The lowest BCUT2D eigenvalue weighted by Gasteiger charge is -2.24. The Kier molecular flexibility index (Phi) is 4.01. The highest BCUT2D eigenvalue weighted by atomic mass is 35.5. The van der Waals surface area contributed by atoms with Gasteiger partial charge >= 0.3 is 0 Å². The van der Waals surface area contributed by atoms with E-state index in [-0.39, 0.29) is 11.4 Å². The van der Waals surface area contributed by atoms with Crippen molar-refractivity contribution in [3.05, 3.63) is 70.4 Å².